The van der Waals surface area contributed by atoms with Gasteiger partial charge in [-0.3, -0.25) is 0 Å². The van der Waals surface area contributed by atoms with Crippen LogP contribution in [0.4, 0.5) is 0 Å². The SMILES string of the molecule is c1ccc(-c2cc(-c3ccc4c(c3)C(c3ccccc3)(c3ccc5c(ccc6ccccc65)c3)c3ccccc3-4)nc(-c3ccccc3)n2)cc1. The Balaban J connectivity index is 1.25. The van der Waals surface area contributed by atoms with Crippen molar-refractivity contribution in [2.24, 2.45) is 0 Å². The smallest absolute Gasteiger partial charge is 0.160 e. The van der Waals surface area contributed by atoms with Crippen LogP contribution in [0.3, 0.4) is 0 Å². The van der Waals surface area contributed by atoms with E-state index in [0.717, 1.165) is 28.1 Å². The monoisotopic (exact) mass is 648 g/mol. The van der Waals surface area contributed by atoms with Crippen molar-refractivity contribution in [3.05, 3.63) is 216 Å². The van der Waals surface area contributed by atoms with E-state index in [1.165, 1.54) is 54.9 Å². The number of fused-ring (bicyclic) bond motifs is 6. The largest absolute Gasteiger partial charge is 0.228 e. The average molecular weight is 649 g/mol. The molecular weight excluding hydrogens is 617 g/mol. The fraction of sp³-hybridized carbons (Fsp3) is 0.0204. The molecule has 1 heterocycles. The lowest BCUT2D eigenvalue weighted by atomic mass is 9.67. The zero-order valence-electron chi connectivity index (χ0n) is 27.9. The van der Waals surface area contributed by atoms with Crippen molar-refractivity contribution in [3.63, 3.8) is 0 Å². The summed E-state index contributed by atoms with van der Waals surface area (Å²) in [5.41, 5.74) is 11.9. The minimum Gasteiger partial charge on any atom is -0.228 e. The van der Waals surface area contributed by atoms with Crippen molar-refractivity contribution in [2.45, 2.75) is 5.41 Å². The first-order valence-corrected chi connectivity index (χ1v) is 17.5. The highest BCUT2D eigenvalue weighted by Crippen LogP contribution is 2.57. The normalized spacial score (nSPS) is 14.7. The highest BCUT2D eigenvalue weighted by molar-refractivity contribution is 6.08. The van der Waals surface area contributed by atoms with Gasteiger partial charge in [-0.05, 0) is 73.1 Å². The second-order valence-corrected chi connectivity index (χ2v) is 13.3. The number of benzene rings is 8. The molecule has 0 fully saturated rings. The second-order valence-electron chi connectivity index (χ2n) is 13.3. The minimum atomic E-state index is -0.541. The fourth-order valence-electron chi connectivity index (χ4n) is 8.23. The van der Waals surface area contributed by atoms with Gasteiger partial charge in [-0.1, -0.05) is 176 Å². The molecule has 0 bridgehead atoms. The van der Waals surface area contributed by atoms with E-state index in [0.29, 0.717) is 5.82 Å². The molecule has 10 rings (SSSR count). The van der Waals surface area contributed by atoms with Crippen LogP contribution in [-0.2, 0) is 5.41 Å². The Kier molecular flexibility index (Phi) is 6.75. The van der Waals surface area contributed by atoms with Gasteiger partial charge in [-0.2, -0.15) is 0 Å². The molecule has 8 aromatic carbocycles. The van der Waals surface area contributed by atoms with E-state index >= 15 is 0 Å². The molecule has 0 saturated carbocycles. The molecular formula is C49H32N2. The molecule has 0 saturated heterocycles. The van der Waals surface area contributed by atoms with Crippen molar-refractivity contribution in [1.29, 1.82) is 0 Å². The van der Waals surface area contributed by atoms with Crippen LogP contribution in [0.15, 0.2) is 194 Å². The molecule has 0 spiro atoms. The molecule has 0 radical (unpaired) electrons. The first-order chi connectivity index (χ1) is 25.3. The van der Waals surface area contributed by atoms with Crippen LogP contribution in [-0.4, -0.2) is 9.97 Å². The summed E-state index contributed by atoms with van der Waals surface area (Å²) < 4.78 is 0. The molecule has 2 nitrogen and oxygen atoms in total. The standard InChI is InChI=1S/C49H32N2/c1-4-15-34(16-5-1)46-32-47(51-48(50-46)35-17-6-2-7-18-35)37-26-28-43-42-22-12-13-23-44(42)49(45(43)31-37,38-19-8-3-9-20-38)39-27-29-41-36(30-39)25-24-33-14-10-11-21-40(33)41/h1-32H. The Bertz CT molecular complexity index is 2680. The van der Waals surface area contributed by atoms with E-state index < -0.39 is 5.41 Å². The van der Waals surface area contributed by atoms with Gasteiger partial charge in [0.05, 0.1) is 16.8 Å². The zero-order valence-corrected chi connectivity index (χ0v) is 27.9. The van der Waals surface area contributed by atoms with Crippen LogP contribution in [0.1, 0.15) is 22.3 Å². The van der Waals surface area contributed by atoms with Crippen LogP contribution < -0.4 is 0 Å². The summed E-state index contributed by atoms with van der Waals surface area (Å²) in [6.07, 6.45) is 0. The van der Waals surface area contributed by atoms with Crippen molar-refractivity contribution in [1.82, 2.24) is 9.97 Å². The number of rotatable bonds is 5. The van der Waals surface area contributed by atoms with Crippen molar-refractivity contribution in [3.8, 4) is 45.0 Å². The molecule has 0 amide bonds. The van der Waals surface area contributed by atoms with E-state index in [1.807, 2.05) is 24.3 Å². The highest BCUT2D eigenvalue weighted by Gasteiger charge is 2.46. The number of hydrogen-bond acceptors (Lipinski definition) is 2. The number of nitrogens with zero attached hydrogens (tertiary/aromatic N) is 2. The van der Waals surface area contributed by atoms with Gasteiger partial charge >= 0.3 is 0 Å². The molecule has 2 heteroatoms. The molecule has 1 aliphatic rings. The Morgan fingerprint density at radius 3 is 1.75 bits per heavy atom. The Morgan fingerprint density at radius 2 is 0.941 bits per heavy atom. The predicted octanol–water partition coefficient (Wildman–Crippen LogP) is 12.1. The zero-order chi connectivity index (χ0) is 33.8. The third-order valence-electron chi connectivity index (χ3n) is 10.6. The third kappa shape index (κ3) is 4.65. The summed E-state index contributed by atoms with van der Waals surface area (Å²) in [4.78, 5) is 10.3. The third-order valence-corrected chi connectivity index (χ3v) is 10.6. The van der Waals surface area contributed by atoms with Gasteiger partial charge in [-0.15, -0.1) is 0 Å². The van der Waals surface area contributed by atoms with Crippen LogP contribution in [0.5, 0.6) is 0 Å². The van der Waals surface area contributed by atoms with Crippen LogP contribution in [0.25, 0.3) is 66.6 Å². The summed E-state index contributed by atoms with van der Waals surface area (Å²) in [6.45, 7) is 0. The van der Waals surface area contributed by atoms with Gasteiger partial charge in [0.25, 0.3) is 0 Å². The van der Waals surface area contributed by atoms with E-state index in [1.54, 1.807) is 0 Å². The van der Waals surface area contributed by atoms with Crippen molar-refractivity contribution in [2.75, 3.05) is 0 Å². The summed E-state index contributed by atoms with van der Waals surface area (Å²) in [5, 5.41) is 5.03. The summed E-state index contributed by atoms with van der Waals surface area (Å²) in [7, 11) is 0. The maximum Gasteiger partial charge on any atom is 0.160 e. The van der Waals surface area contributed by atoms with Crippen molar-refractivity contribution < 1.29 is 0 Å². The van der Waals surface area contributed by atoms with E-state index in [2.05, 4.69) is 170 Å². The average Bonchev–Trinajstić information content (AvgIpc) is 3.52. The van der Waals surface area contributed by atoms with Gasteiger partial charge in [-0.25, -0.2) is 9.97 Å². The molecule has 0 aliphatic heterocycles. The number of aromatic nitrogens is 2. The Hall–Kier alpha value is -6.64. The fourth-order valence-corrected chi connectivity index (χ4v) is 8.23. The lowest BCUT2D eigenvalue weighted by molar-refractivity contribution is 0.770. The van der Waals surface area contributed by atoms with Crippen molar-refractivity contribution >= 4 is 21.5 Å². The Labute approximate surface area is 297 Å². The predicted molar refractivity (Wildman–Crippen MR) is 211 cm³/mol. The number of hydrogen-bond donors (Lipinski definition) is 0. The molecule has 1 aliphatic carbocycles. The van der Waals surface area contributed by atoms with Gasteiger partial charge < -0.3 is 0 Å². The molecule has 51 heavy (non-hydrogen) atoms. The van der Waals surface area contributed by atoms with Gasteiger partial charge in [0.15, 0.2) is 5.82 Å². The van der Waals surface area contributed by atoms with Crippen LogP contribution in [0, 0.1) is 0 Å². The van der Waals surface area contributed by atoms with Crippen LogP contribution >= 0.6 is 0 Å². The van der Waals surface area contributed by atoms with Gasteiger partial charge in [0.2, 0.25) is 0 Å². The minimum absolute atomic E-state index is 0.541. The molecule has 238 valence electrons. The first kappa shape index (κ1) is 29.3. The van der Waals surface area contributed by atoms with Gasteiger partial charge in [0.1, 0.15) is 0 Å². The molecule has 1 aromatic heterocycles. The quantitative estimate of drug-likeness (QED) is 0.174. The van der Waals surface area contributed by atoms with E-state index in [9.17, 15) is 0 Å². The molecule has 9 aromatic rings. The van der Waals surface area contributed by atoms with E-state index in [-0.39, 0.29) is 0 Å². The first-order valence-electron chi connectivity index (χ1n) is 17.5. The molecule has 0 N–H and O–H groups in total. The summed E-state index contributed by atoms with van der Waals surface area (Å²) in [5.74, 6) is 0.715. The van der Waals surface area contributed by atoms with Crippen LogP contribution in [0.2, 0.25) is 0 Å². The summed E-state index contributed by atoms with van der Waals surface area (Å²) >= 11 is 0. The molecule has 1 atom stereocenters. The lowest BCUT2D eigenvalue weighted by Crippen LogP contribution is -2.28. The highest BCUT2D eigenvalue weighted by atomic mass is 14.9. The lowest BCUT2D eigenvalue weighted by Gasteiger charge is -2.34. The Morgan fingerprint density at radius 1 is 0.333 bits per heavy atom. The van der Waals surface area contributed by atoms with E-state index in [4.69, 9.17) is 9.97 Å². The maximum atomic E-state index is 5.23. The van der Waals surface area contributed by atoms with Gasteiger partial charge in [0, 0.05) is 16.7 Å². The second kappa shape index (κ2) is 11.8. The maximum absolute atomic E-state index is 5.23. The molecule has 1 unspecified atom stereocenters. The summed E-state index contributed by atoms with van der Waals surface area (Å²) in [6, 6.07) is 69.9. The topological polar surface area (TPSA) is 25.8 Å².